The highest BCUT2D eigenvalue weighted by molar-refractivity contribution is 5.94. The lowest BCUT2D eigenvalue weighted by atomic mass is 9.89. The number of nitrogens with zero attached hydrogens (tertiary/aromatic N) is 2. The fraction of sp³-hybridized carbons (Fsp3) is 0.600. The third-order valence-corrected chi connectivity index (χ3v) is 3.88. The van der Waals surface area contributed by atoms with Crippen LogP contribution in [0.15, 0.2) is 18.3 Å². The standard InChI is InChI=1S/C15H23N3O.ClH/c1-18(11-12-5-3-2-4-6-12)15(19)13-7-8-17-14(9-13)10-16;/h7-9,12H,2-6,10-11,16H2,1H3;1H. The summed E-state index contributed by atoms with van der Waals surface area (Å²) in [5.74, 6) is 0.737. The van der Waals surface area contributed by atoms with E-state index >= 15 is 0 Å². The van der Waals surface area contributed by atoms with Crippen LogP contribution in [-0.2, 0) is 6.54 Å². The van der Waals surface area contributed by atoms with E-state index in [0.717, 1.165) is 12.2 Å². The minimum atomic E-state index is 0. The molecule has 2 rings (SSSR count). The van der Waals surface area contributed by atoms with E-state index in [1.807, 2.05) is 11.9 Å². The third-order valence-electron chi connectivity index (χ3n) is 3.88. The molecule has 1 saturated carbocycles. The van der Waals surface area contributed by atoms with Crippen LogP contribution in [0.25, 0.3) is 0 Å². The molecule has 0 bridgehead atoms. The zero-order valence-corrected chi connectivity index (χ0v) is 12.9. The molecular formula is C15H24ClN3O. The Morgan fingerprint density at radius 2 is 2.10 bits per heavy atom. The Morgan fingerprint density at radius 3 is 2.75 bits per heavy atom. The number of halogens is 1. The van der Waals surface area contributed by atoms with Gasteiger partial charge in [0.05, 0.1) is 5.69 Å². The largest absolute Gasteiger partial charge is 0.341 e. The van der Waals surface area contributed by atoms with E-state index in [9.17, 15) is 4.79 Å². The molecule has 0 radical (unpaired) electrons. The Labute approximate surface area is 127 Å². The van der Waals surface area contributed by atoms with Crippen molar-refractivity contribution in [1.82, 2.24) is 9.88 Å². The highest BCUT2D eigenvalue weighted by Crippen LogP contribution is 2.24. The van der Waals surface area contributed by atoms with Gasteiger partial charge in [-0.05, 0) is 30.9 Å². The van der Waals surface area contributed by atoms with Gasteiger partial charge in [-0.25, -0.2) is 0 Å². The topological polar surface area (TPSA) is 59.2 Å². The predicted molar refractivity (Wildman–Crippen MR) is 82.9 cm³/mol. The van der Waals surface area contributed by atoms with Gasteiger partial charge in [0.15, 0.2) is 0 Å². The van der Waals surface area contributed by atoms with E-state index in [1.165, 1.54) is 32.1 Å². The molecule has 1 aliphatic rings. The molecule has 1 aliphatic carbocycles. The molecule has 0 aromatic carbocycles. The molecule has 20 heavy (non-hydrogen) atoms. The highest BCUT2D eigenvalue weighted by atomic mass is 35.5. The molecule has 0 unspecified atom stereocenters. The molecule has 1 fully saturated rings. The predicted octanol–water partition coefficient (Wildman–Crippen LogP) is 2.61. The summed E-state index contributed by atoms with van der Waals surface area (Å²) in [4.78, 5) is 18.3. The number of aromatic nitrogens is 1. The maximum Gasteiger partial charge on any atom is 0.253 e. The van der Waals surface area contributed by atoms with Crippen LogP contribution in [0.1, 0.15) is 48.2 Å². The maximum atomic E-state index is 12.3. The first kappa shape index (κ1) is 16.9. The SMILES string of the molecule is CN(CC1CCCCC1)C(=O)c1ccnc(CN)c1.Cl. The van der Waals surface area contributed by atoms with E-state index in [4.69, 9.17) is 5.73 Å². The number of amides is 1. The Kier molecular flexibility index (Phi) is 6.96. The molecular weight excluding hydrogens is 274 g/mol. The lowest BCUT2D eigenvalue weighted by molar-refractivity contribution is 0.0760. The van der Waals surface area contributed by atoms with E-state index < -0.39 is 0 Å². The molecule has 0 spiro atoms. The summed E-state index contributed by atoms with van der Waals surface area (Å²) in [7, 11) is 1.89. The van der Waals surface area contributed by atoms with Gasteiger partial charge < -0.3 is 10.6 Å². The molecule has 1 aromatic heterocycles. The summed E-state index contributed by atoms with van der Waals surface area (Å²) in [5.41, 5.74) is 7.01. The smallest absolute Gasteiger partial charge is 0.253 e. The van der Waals surface area contributed by atoms with Gasteiger partial charge in [-0.2, -0.15) is 0 Å². The second kappa shape index (κ2) is 8.22. The van der Waals surface area contributed by atoms with Crippen molar-refractivity contribution in [1.29, 1.82) is 0 Å². The van der Waals surface area contributed by atoms with Crippen molar-refractivity contribution in [3.63, 3.8) is 0 Å². The molecule has 4 nitrogen and oxygen atoms in total. The Bertz CT molecular complexity index is 433. The molecule has 112 valence electrons. The van der Waals surface area contributed by atoms with Crippen molar-refractivity contribution in [3.05, 3.63) is 29.6 Å². The van der Waals surface area contributed by atoms with Gasteiger partial charge >= 0.3 is 0 Å². The number of carbonyl (C=O) groups excluding carboxylic acids is 1. The zero-order chi connectivity index (χ0) is 13.7. The monoisotopic (exact) mass is 297 g/mol. The number of hydrogen-bond acceptors (Lipinski definition) is 3. The number of hydrogen-bond donors (Lipinski definition) is 1. The fourth-order valence-electron chi connectivity index (χ4n) is 2.78. The normalized spacial score (nSPS) is 15.5. The highest BCUT2D eigenvalue weighted by Gasteiger charge is 2.19. The molecule has 1 amide bonds. The van der Waals surface area contributed by atoms with Gasteiger partial charge in [0.25, 0.3) is 5.91 Å². The quantitative estimate of drug-likeness (QED) is 0.929. The summed E-state index contributed by atoms with van der Waals surface area (Å²) >= 11 is 0. The summed E-state index contributed by atoms with van der Waals surface area (Å²) in [6.07, 6.45) is 8.12. The number of nitrogens with two attached hydrogens (primary N) is 1. The molecule has 0 aliphatic heterocycles. The van der Waals surface area contributed by atoms with Crippen LogP contribution in [0.4, 0.5) is 0 Å². The minimum absolute atomic E-state index is 0. The van der Waals surface area contributed by atoms with Gasteiger partial charge in [0.1, 0.15) is 0 Å². The van der Waals surface area contributed by atoms with Gasteiger partial charge in [-0.3, -0.25) is 9.78 Å². The molecule has 0 saturated heterocycles. The van der Waals surface area contributed by atoms with Gasteiger partial charge in [-0.15, -0.1) is 12.4 Å². The Balaban J connectivity index is 0.00000200. The second-order valence-electron chi connectivity index (χ2n) is 5.43. The van der Waals surface area contributed by atoms with Crippen LogP contribution in [0.3, 0.4) is 0 Å². The molecule has 2 N–H and O–H groups in total. The fourth-order valence-corrected chi connectivity index (χ4v) is 2.78. The molecule has 1 aromatic rings. The summed E-state index contributed by atoms with van der Waals surface area (Å²) in [5, 5.41) is 0. The minimum Gasteiger partial charge on any atom is -0.341 e. The van der Waals surface area contributed by atoms with E-state index in [0.29, 0.717) is 18.0 Å². The summed E-state index contributed by atoms with van der Waals surface area (Å²) in [6, 6.07) is 3.55. The average molecular weight is 298 g/mol. The first-order valence-corrected chi connectivity index (χ1v) is 7.11. The van der Waals surface area contributed by atoms with Crippen LogP contribution in [0.2, 0.25) is 0 Å². The van der Waals surface area contributed by atoms with Crippen molar-refractivity contribution >= 4 is 18.3 Å². The van der Waals surface area contributed by atoms with Crippen molar-refractivity contribution in [2.75, 3.05) is 13.6 Å². The van der Waals surface area contributed by atoms with Gasteiger partial charge in [0.2, 0.25) is 0 Å². The van der Waals surface area contributed by atoms with Crippen LogP contribution in [-0.4, -0.2) is 29.4 Å². The maximum absolute atomic E-state index is 12.3. The van der Waals surface area contributed by atoms with Crippen LogP contribution in [0, 0.1) is 5.92 Å². The van der Waals surface area contributed by atoms with Crippen LogP contribution < -0.4 is 5.73 Å². The third kappa shape index (κ3) is 4.46. The lowest BCUT2D eigenvalue weighted by Gasteiger charge is -2.27. The van der Waals surface area contributed by atoms with E-state index in [2.05, 4.69) is 4.98 Å². The average Bonchev–Trinajstić information content (AvgIpc) is 2.47. The van der Waals surface area contributed by atoms with Crippen molar-refractivity contribution in [2.24, 2.45) is 11.7 Å². The second-order valence-corrected chi connectivity index (χ2v) is 5.43. The van der Waals surface area contributed by atoms with Crippen molar-refractivity contribution in [3.8, 4) is 0 Å². The van der Waals surface area contributed by atoms with Crippen LogP contribution in [0.5, 0.6) is 0 Å². The van der Waals surface area contributed by atoms with Crippen molar-refractivity contribution in [2.45, 2.75) is 38.6 Å². The Hall–Kier alpha value is -1.13. The molecule has 5 heteroatoms. The zero-order valence-electron chi connectivity index (χ0n) is 12.0. The van der Waals surface area contributed by atoms with E-state index in [1.54, 1.807) is 18.3 Å². The van der Waals surface area contributed by atoms with Gasteiger partial charge in [-0.1, -0.05) is 19.3 Å². The number of pyridine rings is 1. The molecule has 1 heterocycles. The summed E-state index contributed by atoms with van der Waals surface area (Å²) < 4.78 is 0. The first-order valence-electron chi connectivity index (χ1n) is 7.11. The first-order chi connectivity index (χ1) is 9.20. The van der Waals surface area contributed by atoms with Crippen molar-refractivity contribution < 1.29 is 4.79 Å². The summed E-state index contributed by atoms with van der Waals surface area (Å²) in [6.45, 7) is 1.23. The van der Waals surface area contributed by atoms with Crippen LogP contribution >= 0.6 is 12.4 Å². The lowest BCUT2D eigenvalue weighted by Crippen LogP contribution is -2.32. The number of carbonyl (C=O) groups is 1. The Morgan fingerprint density at radius 1 is 1.40 bits per heavy atom. The number of rotatable bonds is 4. The van der Waals surface area contributed by atoms with Gasteiger partial charge in [0, 0.05) is 31.9 Å². The molecule has 0 atom stereocenters. The van der Waals surface area contributed by atoms with E-state index in [-0.39, 0.29) is 18.3 Å².